The van der Waals surface area contributed by atoms with Gasteiger partial charge in [0.15, 0.2) is 0 Å². The molecule has 0 bridgehead atoms. The van der Waals surface area contributed by atoms with Crippen LogP contribution in [0.5, 0.6) is 5.75 Å². The number of hydrogen-bond donors (Lipinski definition) is 2. The zero-order valence-corrected chi connectivity index (χ0v) is 10.4. The molecular weight excluding hydrogens is 244 g/mol. The molecule has 0 saturated carbocycles. The van der Waals surface area contributed by atoms with Crippen LogP contribution in [0.3, 0.4) is 0 Å². The maximum atomic E-state index is 9.22. The second-order valence-electron chi connectivity index (χ2n) is 4.05. The molecule has 0 aliphatic carbocycles. The first kappa shape index (κ1) is 11.0. The second-order valence-corrected chi connectivity index (χ2v) is 4.82. The largest absolute Gasteiger partial charge is 0.508 e. The Labute approximate surface area is 109 Å². The number of aromatic hydroxyl groups is 1. The Morgan fingerprint density at radius 1 is 1.06 bits per heavy atom. The van der Waals surface area contributed by atoms with E-state index in [4.69, 9.17) is 0 Å². The lowest BCUT2D eigenvalue weighted by atomic mass is 10.2. The zero-order chi connectivity index (χ0) is 12.4. The molecule has 0 radical (unpaired) electrons. The minimum atomic E-state index is 0.294. The number of nitrogens with zero attached hydrogens (tertiary/aromatic N) is 1. The van der Waals surface area contributed by atoms with Gasteiger partial charge in [-0.2, -0.15) is 4.37 Å². The number of hydrogen-bond acceptors (Lipinski definition) is 4. The van der Waals surface area contributed by atoms with Gasteiger partial charge in [-0.3, -0.25) is 0 Å². The average Bonchev–Trinajstić information content (AvgIpc) is 2.82. The highest BCUT2D eigenvalue weighted by Gasteiger charge is 2.04. The molecule has 3 rings (SSSR count). The van der Waals surface area contributed by atoms with Gasteiger partial charge in [0, 0.05) is 11.9 Å². The fourth-order valence-electron chi connectivity index (χ4n) is 1.81. The summed E-state index contributed by atoms with van der Waals surface area (Å²) in [5, 5.41) is 14.8. The number of benzene rings is 2. The Bertz CT molecular complexity index is 661. The Hall–Kier alpha value is -2.07. The second kappa shape index (κ2) is 4.66. The third-order valence-corrected chi connectivity index (χ3v) is 3.61. The number of aromatic nitrogens is 1. The number of phenols is 1. The van der Waals surface area contributed by atoms with Gasteiger partial charge in [-0.1, -0.05) is 24.3 Å². The molecule has 0 unspecified atom stereocenters. The van der Waals surface area contributed by atoms with E-state index in [0.717, 1.165) is 28.0 Å². The first-order chi connectivity index (χ1) is 8.83. The molecule has 18 heavy (non-hydrogen) atoms. The maximum Gasteiger partial charge on any atom is 0.117 e. The van der Waals surface area contributed by atoms with Gasteiger partial charge in [0.25, 0.3) is 0 Å². The van der Waals surface area contributed by atoms with Crippen molar-refractivity contribution in [3.8, 4) is 5.75 Å². The molecule has 1 heterocycles. The highest BCUT2D eigenvalue weighted by Crippen LogP contribution is 2.27. The summed E-state index contributed by atoms with van der Waals surface area (Å²) in [6, 6.07) is 15.3. The molecular formula is C14H12N2OS. The van der Waals surface area contributed by atoms with E-state index in [9.17, 15) is 5.11 Å². The molecule has 0 saturated heterocycles. The summed E-state index contributed by atoms with van der Waals surface area (Å²) in [5.74, 6) is 0.294. The first-order valence-electron chi connectivity index (χ1n) is 5.69. The van der Waals surface area contributed by atoms with Crippen molar-refractivity contribution in [2.24, 2.45) is 0 Å². The number of rotatable bonds is 3. The fourth-order valence-corrected chi connectivity index (χ4v) is 2.57. The Morgan fingerprint density at radius 3 is 2.67 bits per heavy atom. The minimum absolute atomic E-state index is 0.294. The summed E-state index contributed by atoms with van der Waals surface area (Å²) in [7, 11) is 0. The normalized spacial score (nSPS) is 10.7. The van der Waals surface area contributed by atoms with Gasteiger partial charge in [-0.15, -0.1) is 0 Å². The monoisotopic (exact) mass is 256 g/mol. The minimum Gasteiger partial charge on any atom is -0.508 e. The molecule has 4 heteroatoms. The lowest BCUT2D eigenvalue weighted by Crippen LogP contribution is -1.97. The van der Waals surface area contributed by atoms with Crippen molar-refractivity contribution >= 4 is 27.4 Å². The molecule has 0 fully saturated rings. The van der Waals surface area contributed by atoms with E-state index in [-0.39, 0.29) is 0 Å². The van der Waals surface area contributed by atoms with Crippen molar-refractivity contribution in [2.75, 3.05) is 5.32 Å². The molecule has 0 spiro atoms. The van der Waals surface area contributed by atoms with Crippen LogP contribution in [-0.4, -0.2) is 9.48 Å². The summed E-state index contributed by atoms with van der Waals surface area (Å²) in [6.45, 7) is 0.729. The van der Waals surface area contributed by atoms with E-state index < -0.39 is 0 Å². The third-order valence-electron chi connectivity index (χ3n) is 2.77. The highest BCUT2D eigenvalue weighted by atomic mass is 32.1. The van der Waals surface area contributed by atoms with E-state index in [1.807, 2.05) is 30.3 Å². The smallest absolute Gasteiger partial charge is 0.117 e. The van der Waals surface area contributed by atoms with Gasteiger partial charge in [0.05, 0.1) is 5.52 Å². The summed E-state index contributed by atoms with van der Waals surface area (Å²) in [6.07, 6.45) is 0. The van der Waals surface area contributed by atoms with Gasteiger partial charge in [0.2, 0.25) is 0 Å². The Kier molecular flexibility index (Phi) is 2.86. The van der Waals surface area contributed by atoms with Crippen molar-refractivity contribution in [1.29, 1.82) is 0 Å². The third kappa shape index (κ3) is 2.15. The standard InChI is InChI=1S/C14H12N2OS/c17-11-7-5-10(6-8-11)9-15-14-12-3-1-2-4-13(12)16-18-14/h1-8,15,17H,9H2. The predicted molar refractivity (Wildman–Crippen MR) is 75.1 cm³/mol. The van der Waals surface area contributed by atoms with Crippen LogP contribution in [0.15, 0.2) is 48.5 Å². The van der Waals surface area contributed by atoms with E-state index >= 15 is 0 Å². The van der Waals surface area contributed by atoms with Crippen molar-refractivity contribution in [3.05, 3.63) is 54.1 Å². The lowest BCUT2D eigenvalue weighted by molar-refractivity contribution is 0.475. The summed E-state index contributed by atoms with van der Waals surface area (Å²) in [4.78, 5) is 0. The first-order valence-corrected chi connectivity index (χ1v) is 6.46. The average molecular weight is 256 g/mol. The number of nitrogens with one attached hydrogen (secondary N) is 1. The van der Waals surface area contributed by atoms with Crippen LogP contribution in [0.4, 0.5) is 5.00 Å². The molecule has 90 valence electrons. The van der Waals surface area contributed by atoms with Crippen LogP contribution in [0.25, 0.3) is 10.9 Å². The van der Waals surface area contributed by atoms with E-state index in [1.54, 1.807) is 12.1 Å². The summed E-state index contributed by atoms with van der Waals surface area (Å²) < 4.78 is 4.38. The van der Waals surface area contributed by atoms with Crippen LogP contribution in [0.2, 0.25) is 0 Å². The molecule has 2 aromatic carbocycles. The maximum absolute atomic E-state index is 9.22. The van der Waals surface area contributed by atoms with Crippen molar-refractivity contribution < 1.29 is 5.11 Å². The van der Waals surface area contributed by atoms with Gasteiger partial charge < -0.3 is 10.4 Å². The quantitative estimate of drug-likeness (QED) is 0.752. The number of anilines is 1. The van der Waals surface area contributed by atoms with Crippen LogP contribution >= 0.6 is 11.5 Å². The molecule has 3 aromatic rings. The molecule has 3 nitrogen and oxygen atoms in total. The summed E-state index contributed by atoms with van der Waals surface area (Å²) >= 11 is 1.47. The number of fused-ring (bicyclic) bond motifs is 1. The molecule has 0 aliphatic rings. The van der Waals surface area contributed by atoms with E-state index in [0.29, 0.717) is 5.75 Å². The molecule has 0 amide bonds. The van der Waals surface area contributed by atoms with Gasteiger partial charge in [0.1, 0.15) is 10.8 Å². The van der Waals surface area contributed by atoms with Gasteiger partial charge in [-0.25, -0.2) is 0 Å². The Balaban J connectivity index is 1.79. The van der Waals surface area contributed by atoms with Crippen LogP contribution in [0.1, 0.15) is 5.56 Å². The molecule has 0 aliphatic heterocycles. The van der Waals surface area contributed by atoms with Crippen molar-refractivity contribution in [3.63, 3.8) is 0 Å². The topological polar surface area (TPSA) is 45.1 Å². The van der Waals surface area contributed by atoms with Crippen molar-refractivity contribution in [1.82, 2.24) is 4.37 Å². The van der Waals surface area contributed by atoms with E-state index in [1.165, 1.54) is 11.5 Å². The van der Waals surface area contributed by atoms with Crippen LogP contribution in [-0.2, 0) is 6.54 Å². The highest BCUT2D eigenvalue weighted by molar-refractivity contribution is 7.11. The molecule has 1 aromatic heterocycles. The van der Waals surface area contributed by atoms with Gasteiger partial charge in [-0.05, 0) is 41.4 Å². The van der Waals surface area contributed by atoms with Crippen LogP contribution < -0.4 is 5.32 Å². The predicted octanol–water partition coefficient (Wildman–Crippen LogP) is 3.61. The fraction of sp³-hybridized carbons (Fsp3) is 0.0714. The Morgan fingerprint density at radius 2 is 1.83 bits per heavy atom. The number of phenolic OH excluding ortho intramolecular Hbond substituents is 1. The molecule has 0 atom stereocenters. The zero-order valence-electron chi connectivity index (χ0n) is 9.63. The lowest BCUT2D eigenvalue weighted by Gasteiger charge is -2.04. The summed E-state index contributed by atoms with van der Waals surface area (Å²) in [5.41, 5.74) is 2.15. The molecule has 2 N–H and O–H groups in total. The van der Waals surface area contributed by atoms with E-state index in [2.05, 4.69) is 15.8 Å². The van der Waals surface area contributed by atoms with Gasteiger partial charge >= 0.3 is 0 Å². The van der Waals surface area contributed by atoms with Crippen LogP contribution in [0, 0.1) is 0 Å². The van der Waals surface area contributed by atoms with Crippen molar-refractivity contribution in [2.45, 2.75) is 6.54 Å². The SMILES string of the molecule is Oc1ccc(CNc2snc3ccccc23)cc1.